The Kier molecular flexibility index (Phi) is 4.06. The lowest BCUT2D eigenvalue weighted by atomic mass is 10.1. The normalized spacial score (nSPS) is 18.3. The molecule has 0 unspecified atom stereocenters. The maximum atomic E-state index is 13.7. The van der Waals surface area contributed by atoms with Gasteiger partial charge < -0.3 is 9.64 Å². The van der Waals surface area contributed by atoms with Gasteiger partial charge in [-0.15, -0.1) is 0 Å². The predicted molar refractivity (Wildman–Crippen MR) is 73.0 cm³/mol. The van der Waals surface area contributed by atoms with E-state index in [0.29, 0.717) is 5.69 Å². The van der Waals surface area contributed by atoms with Crippen molar-refractivity contribution >= 4 is 5.91 Å². The lowest BCUT2D eigenvalue weighted by molar-refractivity contribution is -0.0251. The van der Waals surface area contributed by atoms with E-state index >= 15 is 0 Å². The SMILES string of the molecule is O=C(c1c(F)cccc1F)N1CCO[C@H](c2cnccn2)C1. The van der Waals surface area contributed by atoms with Crippen LogP contribution in [0.5, 0.6) is 0 Å². The molecule has 2 heterocycles. The van der Waals surface area contributed by atoms with Gasteiger partial charge in [0.15, 0.2) is 0 Å². The first-order chi connectivity index (χ1) is 10.7. The molecule has 1 saturated heterocycles. The molecule has 1 aliphatic heterocycles. The molecule has 0 bridgehead atoms. The van der Waals surface area contributed by atoms with Crippen molar-refractivity contribution in [3.63, 3.8) is 0 Å². The van der Waals surface area contributed by atoms with Gasteiger partial charge in [0.1, 0.15) is 23.3 Å². The fourth-order valence-corrected chi connectivity index (χ4v) is 2.35. The molecule has 1 aromatic carbocycles. The first-order valence-electron chi connectivity index (χ1n) is 6.77. The van der Waals surface area contributed by atoms with E-state index in [0.717, 1.165) is 12.1 Å². The minimum Gasteiger partial charge on any atom is -0.368 e. The first kappa shape index (κ1) is 14.5. The van der Waals surface area contributed by atoms with Crippen molar-refractivity contribution in [1.82, 2.24) is 14.9 Å². The Labute approximate surface area is 125 Å². The number of nitrogens with zero attached hydrogens (tertiary/aromatic N) is 3. The van der Waals surface area contributed by atoms with E-state index < -0.39 is 29.2 Å². The molecule has 1 atom stereocenters. The third-order valence-corrected chi connectivity index (χ3v) is 3.44. The van der Waals surface area contributed by atoms with Crippen LogP contribution in [-0.2, 0) is 4.74 Å². The first-order valence-corrected chi connectivity index (χ1v) is 6.77. The Morgan fingerprint density at radius 3 is 2.73 bits per heavy atom. The van der Waals surface area contributed by atoms with Crippen molar-refractivity contribution in [1.29, 1.82) is 0 Å². The third kappa shape index (κ3) is 2.80. The van der Waals surface area contributed by atoms with E-state index in [4.69, 9.17) is 4.74 Å². The third-order valence-electron chi connectivity index (χ3n) is 3.44. The number of hydrogen-bond donors (Lipinski definition) is 0. The number of hydrogen-bond acceptors (Lipinski definition) is 4. The highest BCUT2D eigenvalue weighted by molar-refractivity contribution is 5.94. The number of ether oxygens (including phenoxy) is 1. The molecule has 5 nitrogen and oxygen atoms in total. The van der Waals surface area contributed by atoms with Gasteiger partial charge in [-0.2, -0.15) is 0 Å². The highest BCUT2D eigenvalue weighted by Gasteiger charge is 2.29. The summed E-state index contributed by atoms with van der Waals surface area (Å²) in [7, 11) is 0. The molecule has 0 saturated carbocycles. The van der Waals surface area contributed by atoms with Crippen molar-refractivity contribution < 1.29 is 18.3 Å². The van der Waals surface area contributed by atoms with Crippen LogP contribution >= 0.6 is 0 Å². The highest BCUT2D eigenvalue weighted by Crippen LogP contribution is 2.22. The summed E-state index contributed by atoms with van der Waals surface area (Å²) >= 11 is 0. The molecule has 22 heavy (non-hydrogen) atoms. The smallest absolute Gasteiger partial charge is 0.260 e. The van der Waals surface area contributed by atoms with Gasteiger partial charge in [-0.3, -0.25) is 14.8 Å². The molecule has 1 aromatic heterocycles. The quantitative estimate of drug-likeness (QED) is 0.851. The summed E-state index contributed by atoms with van der Waals surface area (Å²) in [6.07, 6.45) is 4.14. The van der Waals surface area contributed by atoms with Crippen LogP contribution in [0, 0.1) is 11.6 Å². The van der Waals surface area contributed by atoms with Gasteiger partial charge in [0.25, 0.3) is 5.91 Å². The largest absolute Gasteiger partial charge is 0.368 e. The van der Waals surface area contributed by atoms with E-state index in [-0.39, 0.29) is 19.7 Å². The zero-order valence-corrected chi connectivity index (χ0v) is 11.6. The number of rotatable bonds is 2. The molecule has 7 heteroatoms. The molecule has 114 valence electrons. The molecule has 1 aliphatic rings. The molecule has 0 aliphatic carbocycles. The van der Waals surface area contributed by atoms with Crippen molar-refractivity contribution in [3.8, 4) is 0 Å². The van der Waals surface area contributed by atoms with Gasteiger partial charge >= 0.3 is 0 Å². The Morgan fingerprint density at radius 1 is 1.27 bits per heavy atom. The number of carbonyl (C=O) groups is 1. The van der Waals surface area contributed by atoms with Gasteiger partial charge in [-0.25, -0.2) is 8.78 Å². The second-order valence-corrected chi connectivity index (χ2v) is 4.84. The van der Waals surface area contributed by atoms with Crippen LogP contribution in [0.15, 0.2) is 36.8 Å². The molecule has 2 aromatic rings. The van der Waals surface area contributed by atoms with E-state index in [2.05, 4.69) is 9.97 Å². The summed E-state index contributed by atoms with van der Waals surface area (Å²) < 4.78 is 33.0. The summed E-state index contributed by atoms with van der Waals surface area (Å²) in [6, 6.07) is 3.36. The fraction of sp³-hybridized carbons (Fsp3) is 0.267. The van der Waals surface area contributed by atoms with E-state index in [1.54, 1.807) is 6.20 Å². The molecule has 0 radical (unpaired) electrons. The predicted octanol–water partition coefficient (Wildman–Crippen LogP) is 1.97. The lowest BCUT2D eigenvalue weighted by Crippen LogP contribution is -2.43. The van der Waals surface area contributed by atoms with Crippen LogP contribution in [0.25, 0.3) is 0 Å². The van der Waals surface area contributed by atoms with Gasteiger partial charge in [0, 0.05) is 18.9 Å². The number of carbonyl (C=O) groups excluding carboxylic acids is 1. The molecule has 1 amide bonds. The number of aromatic nitrogens is 2. The van der Waals surface area contributed by atoms with Gasteiger partial charge in [-0.1, -0.05) is 6.07 Å². The number of amides is 1. The van der Waals surface area contributed by atoms with Crippen LogP contribution in [0.2, 0.25) is 0 Å². The molecule has 0 N–H and O–H groups in total. The van der Waals surface area contributed by atoms with Gasteiger partial charge in [0.05, 0.1) is 25.0 Å². The van der Waals surface area contributed by atoms with E-state index in [1.807, 2.05) is 0 Å². The molecular formula is C15H13F2N3O2. The lowest BCUT2D eigenvalue weighted by Gasteiger charge is -2.32. The second kappa shape index (κ2) is 6.15. The molecule has 3 rings (SSSR count). The van der Waals surface area contributed by atoms with Crippen LogP contribution in [0.1, 0.15) is 22.2 Å². The Morgan fingerprint density at radius 2 is 2.05 bits per heavy atom. The van der Waals surface area contributed by atoms with Crippen LogP contribution in [-0.4, -0.2) is 40.5 Å². The maximum absolute atomic E-state index is 13.7. The highest BCUT2D eigenvalue weighted by atomic mass is 19.1. The van der Waals surface area contributed by atoms with E-state index in [1.165, 1.54) is 23.4 Å². The zero-order valence-electron chi connectivity index (χ0n) is 11.6. The van der Waals surface area contributed by atoms with Crippen LogP contribution in [0.4, 0.5) is 8.78 Å². The Hall–Kier alpha value is -2.41. The number of benzene rings is 1. The standard InChI is InChI=1S/C15H13F2N3O2/c16-10-2-1-3-11(17)14(10)15(21)20-6-7-22-13(9-20)12-8-18-4-5-19-12/h1-5,8,13H,6-7,9H2/t13-/m0/s1. The van der Waals surface area contributed by atoms with Crippen molar-refractivity contribution in [2.24, 2.45) is 0 Å². The summed E-state index contributed by atoms with van der Waals surface area (Å²) in [5.74, 6) is -2.42. The van der Waals surface area contributed by atoms with Crippen LogP contribution < -0.4 is 0 Å². The zero-order chi connectivity index (χ0) is 15.5. The van der Waals surface area contributed by atoms with Crippen molar-refractivity contribution in [2.45, 2.75) is 6.10 Å². The van der Waals surface area contributed by atoms with Crippen molar-refractivity contribution in [2.75, 3.05) is 19.7 Å². The average Bonchev–Trinajstić information content (AvgIpc) is 2.55. The Bertz CT molecular complexity index is 661. The van der Waals surface area contributed by atoms with Crippen LogP contribution in [0.3, 0.4) is 0 Å². The fourth-order valence-electron chi connectivity index (χ4n) is 2.35. The Balaban J connectivity index is 1.82. The second-order valence-electron chi connectivity index (χ2n) is 4.84. The topological polar surface area (TPSA) is 55.3 Å². The summed E-state index contributed by atoms with van der Waals surface area (Å²) in [6.45, 7) is 0.706. The van der Waals surface area contributed by atoms with Crippen molar-refractivity contribution in [3.05, 3.63) is 59.7 Å². The minimum atomic E-state index is -0.868. The average molecular weight is 305 g/mol. The summed E-state index contributed by atoms with van der Waals surface area (Å²) in [5, 5.41) is 0. The van der Waals surface area contributed by atoms with Gasteiger partial charge in [0.2, 0.25) is 0 Å². The number of halogens is 2. The molecular weight excluding hydrogens is 292 g/mol. The summed E-state index contributed by atoms with van der Waals surface area (Å²) in [5.41, 5.74) is 0.0382. The van der Waals surface area contributed by atoms with E-state index in [9.17, 15) is 13.6 Å². The minimum absolute atomic E-state index is 0.172. The molecule has 0 spiro atoms. The maximum Gasteiger partial charge on any atom is 0.260 e. The monoisotopic (exact) mass is 305 g/mol. The summed E-state index contributed by atoms with van der Waals surface area (Å²) in [4.78, 5) is 21.8. The molecule has 1 fully saturated rings. The number of morpholine rings is 1. The van der Waals surface area contributed by atoms with Gasteiger partial charge in [-0.05, 0) is 12.1 Å².